The van der Waals surface area contributed by atoms with Crippen molar-refractivity contribution >= 4 is 39.1 Å². The number of benzene rings is 2. The molecular weight excluding hydrogens is 423 g/mol. The highest BCUT2D eigenvalue weighted by atomic mass is 32.2. The Morgan fingerprint density at radius 1 is 0.968 bits per heavy atom. The van der Waals surface area contributed by atoms with Crippen LogP contribution in [0.4, 0.5) is 33.3 Å². The molecular formula is C20H25FN6O3S. The van der Waals surface area contributed by atoms with Gasteiger partial charge < -0.3 is 16.0 Å². The van der Waals surface area contributed by atoms with Crippen LogP contribution in [-0.2, 0) is 10.1 Å². The van der Waals surface area contributed by atoms with Crippen molar-refractivity contribution in [2.24, 2.45) is 0 Å². The van der Waals surface area contributed by atoms with Gasteiger partial charge in [-0.1, -0.05) is 26.0 Å². The van der Waals surface area contributed by atoms with Crippen LogP contribution in [0.1, 0.15) is 26.3 Å². The summed E-state index contributed by atoms with van der Waals surface area (Å²) in [5.74, 6) is -0.157. The minimum absolute atomic E-state index is 0.0303. The molecule has 1 aromatic heterocycles. The van der Waals surface area contributed by atoms with Crippen LogP contribution in [0.2, 0.25) is 0 Å². The van der Waals surface area contributed by atoms with E-state index in [0.29, 0.717) is 16.9 Å². The highest BCUT2D eigenvalue weighted by Gasteiger charge is 2.13. The predicted molar refractivity (Wildman–Crippen MR) is 119 cm³/mol. The van der Waals surface area contributed by atoms with Crippen molar-refractivity contribution < 1.29 is 17.4 Å². The number of hydrogen-bond donors (Lipinski definition) is 4. The van der Waals surface area contributed by atoms with Crippen LogP contribution in [0.5, 0.6) is 0 Å². The third kappa shape index (κ3) is 6.86. The zero-order valence-corrected chi connectivity index (χ0v) is 18.5. The van der Waals surface area contributed by atoms with E-state index in [4.69, 9.17) is 0 Å². The van der Waals surface area contributed by atoms with Crippen LogP contribution < -0.4 is 16.0 Å². The van der Waals surface area contributed by atoms with E-state index < -0.39 is 16.2 Å². The molecule has 0 saturated carbocycles. The Morgan fingerprint density at radius 3 is 2.26 bits per heavy atom. The lowest BCUT2D eigenvalue weighted by Gasteiger charge is -2.11. The van der Waals surface area contributed by atoms with E-state index in [1.165, 1.54) is 18.2 Å². The number of halogens is 1. The Balaban J connectivity index is 0.00000166. The lowest BCUT2D eigenvalue weighted by Crippen LogP contribution is -2.07. The van der Waals surface area contributed by atoms with Gasteiger partial charge in [0, 0.05) is 23.6 Å². The van der Waals surface area contributed by atoms with Gasteiger partial charge in [-0.25, -0.2) is 0 Å². The van der Waals surface area contributed by atoms with Crippen molar-refractivity contribution in [3.05, 3.63) is 54.1 Å². The molecule has 1 heterocycles. The first-order chi connectivity index (χ1) is 14.7. The zero-order chi connectivity index (χ0) is 23.0. The predicted octanol–water partition coefficient (Wildman–Crippen LogP) is 4.51. The minimum atomic E-state index is -4.39. The highest BCUT2D eigenvalue weighted by Crippen LogP contribution is 2.24. The molecule has 0 amide bonds. The zero-order valence-electron chi connectivity index (χ0n) is 17.6. The topological polar surface area (TPSA) is 129 Å². The van der Waals surface area contributed by atoms with Gasteiger partial charge in [-0.05, 0) is 49.7 Å². The summed E-state index contributed by atoms with van der Waals surface area (Å²) in [7, 11) is -4.39. The summed E-state index contributed by atoms with van der Waals surface area (Å²) >= 11 is 0. The van der Waals surface area contributed by atoms with Gasteiger partial charge in [0.1, 0.15) is 0 Å². The van der Waals surface area contributed by atoms with Crippen molar-refractivity contribution in [2.75, 3.05) is 22.5 Å². The summed E-state index contributed by atoms with van der Waals surface area (Å²) in [5.41, 5.74) is 2.46. The molecule has 0 bridgehead atoms. The molecule has 0 saturated heterocycles. The van der Waals surface area contributed by atoms with E-state index in [1.807, 2.05) is 39.0 Å². The Kier molecular flexibility index (Phi) is 8.22. The lowest BCUT2D eigenvalue weighted by atomic mass is 10.2. The maximum Gasteiger partial charge on any atom is 0.315 e. The summed E-state index contributed by atoms with van der Waals surface area (Å²) in [4.78, 5) is 11.0. The summed E-state index contributed by atoms with van der Waals surface area (Å²) in [6, 6.07) is 11.3. The van der Waals surface area contributed by atoms with Crippen molar-refractivity contribution in [3.63, 3.8) is 0 Å². The second kappa shape index (κ2) is 10.6. The molecule has 4 N–H and O–H groups in total. The first-order valence-corrected chi connectivity index (χ1v) is 11.1. The molecule has 9 nitrogen and oxygen atoms in total. The molecule has 0 radical (unpaired) electrons. The van der Waals surface area contributed by atoms with Crippen LogP contribution in [0.25, 0.3) is 0 Å². The average Bonchev–Trinajstić information content (AvgIpc) is 2.70. The van der Waals surface area contributed by atoms with E-state index in [2.05, 4.69) is 30.9 Å². The Hall–Kier alpha value is -3.31. The van der Waals surface area contributed by atoms with Crippen LogP contribution in [0.3, 0.4) is 0 Å². The van der Waals surface area contributed by atoms with Gasteiger partial charge in [0.25, 0.3) is 10.1 Å². The van der Waals surface area contributed by atoms with Crippen molar-refractivity contribution in [2.45, 2.75) is 32.6 Å². The summed E-state index contributed by atoms with van der Waals surface area (Å²) in [6.45, 7) is 8.43. The highest BCUT2D eigenvalue weighted by molar-refractivity contribution is 7.85. The van der Waals surface area contributed by atoms with E-state index in [1.54, 1.807) is 13.0 Å². The largest absolute Gasteiger partial charge is 0.385 e. The van der Waals surface area contributed by atoms with Gasteiger partial charge in [0.05, 0.1) is 4.90 Å². The quantitative estimate of drug-likeness (QED) is 0.386. The number of hydrogen-bond acceptors (Lipinski definition) is 8. The first kappa shape index (κ1) is 24.0. The fourth-order valence-corrected chi connectivity index (χ4v) is 3.03. The van der Waals surface area contributed by atoms with Crippen LogP contribution >= 0.6 is 0 Å². The number of nitrogens with one attached hydrogen (secondary N) is 3. The molecule has 0 aliphatic carbocycles. The van der Waals surface area contributed by atoms with E-state index in [-0.39, 0.29) is 16.8 Å². The molecule has 0 atom stereocenters. The molecule has 166 valence electrons. The summed E-state index contributed by atoms with van der Waals surface area (Å²) in [5, 5.41) is 8.82. The van der Waals surface area contributed by atoms with Crippen LogP contribution in [-0.4, -0.2) is 34.5 Å². The van der Waals surface area contributed by atoms with Crippen LogP contribution in [0.15, 0.2) is 47.4 Å². The first-order valence-electron chi connectivity index (χ1n) is 9.62. The maximum absolute atomic E-state index is 13.9. The van der Waals surface area contributed by atoms with Crippen molar-refractivity contribution in [1.82, 2.24) is 15.0 Å². The Labute approximate surface area is 180 Å². The third-order valence-corrected chi connectivity index (χ3v) is 4.71. The normalized spacial score (nSPS) is 10.6. The molecule has 3 rings (SSSR count). The summed E-state index contributed by atoms with van der Waals surface area (Å²) < 4.78 is 45.8. The second-order valence-electron chi connectivity index (χ2n) is 6.06. The number of nitrogens with zero attached hydrogens (tertiary/aromatic N) is 3. The standard InChI is InChI=1S/C18H19FN6O3S.C2H6/c1-3-20-12-5-4-6-13(9-12)21-17-23-16(19)24-18(25-17)22-15-10-14(29(26,27)28)8-7-11(15)2;1-2/h4-10,20H,3H2,1-2H3,(H,26,27,28)(H2,21,22,23,24,25);1-2H3. The molecule has 2 aromatic carbocycles. The number of anilines is 5. The number of aryl methyl sites for hydroxylation is 1. The third-order valence-electron chi connectivity index (χ3n) is 3.86. The minimum Gasteiger partial charge on any atom is -0.385 e. The molecule has 0 fully saturated rings. The van der Waals surface area contributed by atoms with Gasteiger partial charge in [-0.15, -0.1) is 0 Å². The lowest BCUT2D eigenvalue weighted by molar-refractivity contribution is 0.483. The molecule has 3 aromatic rings. The van der Waals surface area contributed by atoms with Gasteiger partial charge in [-0.2, -0.15) is 27.8 Å². The summed E-state index contributed by atoms with van der Waals surface area (Å²) in [6.07, 6.45) is -1.02. The van der Waals surface area contributed by atoms with E-state index >= 15 is 0 Å². The molecule has 0 unspecified atom stereocenters. The fraction of sp³-hybridized carbons (Fsp3) is 0.250. The van der Waals surface area contributed by atoms with Crippen molar-refractivity contribution in [3.8, 4) is 0 Å². The Bertz CT molecular complexity index is 1140. The smallest absolute Gasteiger partial charge is 0.315 e. The second-order valence-corrected chi connectivity index (χ2v) is 7.49. The number of aromatic nitrogens is 3. The molecule has 11 heteroatoms. The molecule has 0 aliphatic rings. The SMILES string of the molecule is CC.CCNc1cccc(Nc2nc(F)nc(Nc3cc(S(=O)(=O)O)ccc3C)n2)c1. The Morgan fingerprint density at radius 2 is 1.61 bits per heavy atom. The molecule has 0 aliphatic heterocycles. The van der Waals surface area contributed by atoms with E-state index in [0.717, 1.165) is 12.2 Å². The van der Waals surface area contributed by atoms with Crippen molar-refractivity contribution in [1.29, 1.82) is 0 Å². The van der Waals surface area contributed by atoms with Gasteiger partial charge in [0.2, 0.25) is 11.9 Å². The maximum atomic E-state index is 13.9. The van der Waals surface area contributed by atoms with Gasteiger partial charge in [-0.3, -0.25) is 4.55 Å². The fourth-order valence-electron chi connectivity index (χ4n) is 2.52. The average molecular weight is 449 g/mol. The van der Waals surface area contributed by atoms with Crippen LogP contribution in [0, 0.1) is 13.0 Å². The molecule has 31 heavy (non-hydrogen) atoms. The molecule has 0 spiro atoms. The van der Waals surface area contributed by atoms with Gasteiger partial charge >= 0.3 is 6.08 Å². The van der Waals surface area contributed by atoms with E-state index in [9.17, 15) is 17.4 Å². The van der Waals surface area contributed by atoms with Gasteiger partial charge in [0.15, 0.2) is 0 Å². The number of rotatable bonds is 7. The monoisotopic (exact) mass is 448 g/mol.